The number of rotatable bonds is 4. The van der Waals surface area contributed by atoms with Gasteiger partial charge in [-0.15, -0.1) is 0 Å². The van der Waals surface area contributed by atoms with Crippen LogP contribution in [0.4, 0.5) is 10.5 Å². The van der Waals surface area contributed by atoms with Gasteiger partial charge in [-0.1, -0.05) is 0 Å². The lowest BCUT2D eigenvalue weighted by Crippen LogP contribution is -2.51. The fraction of sp³-hybridized carbons (Fsp3) is 0.562. The number of piperazine rings is 1. The van der Waals surface area contributed by atoms with E-state index in [1.54, 1.807) is 26.4 Å². The predicted octanol–water partition coefficient (Wildman–Crippen LogP) is 2.26. The lowest BCUT2D eigenvalue weighted by Gasteiger charge is -2.36. The number of urea groups is 1. The summed E-state index contributed by atoms with van der Waals surface area (Å²) < 4.78 is 10.4. The van der Waals surface area contributed by atoms with E-state index in [0.717, 1.165) is 26.2 Å². The third-order valence-corrected chi connectivity index (χ3v) is 3.97. The average Bonchev–Trinajstić information content (AvgIpc) is 2.54. The van der Waals surface area contributed by atoms with Crippen LogP contribution in [0.5, 0.6) is 11.5 Å². The lowest BCUT2D eigenvalue weighted by molar-refractivity contribution is 0.125. The third-order valence-electron chi connectivity index (χ3n) is 3.97. The Hall–Kier alpha value is -1.95. The molecule has 0 atom stereocenters. The van der Waals surface area contributed by atoms with Gasteiger partial charge in [0.15, 0.2) is 11.5 Å². The summed E-state index contributed by atoms with van der Waals surface area (Å²) in [6.07, 6.45) is 0. The number of hydrogen-bond acceptors (Lipinski definition) is 4. The quantitative estimate of drug-likeness (QED) is 0.927. The SMILES string of the molecule is COc1ccc(NC(=O)N2CCN(C(C)C)CC2)cc1OC. The number of nitrogens with zero attached hydrogens (tertiary/aromatic N) is 2. The lowest BCUT2D eigenvalue weighted by atomic mass is 10.2. The molecular formula is C16H25N3O3. The maximum Gasteiger partial charge on any atom is 0.321 e. The van der Waals surface area contributed by atoms with Gasteiger partial charge in [0.05, 0.1) is 14.2 Å². The Morgan fingerprint density at radius 3 is 2.27 bits per heavy atom. The van der Waals surface area contributed by atoms with E-state index in [1.165, 1.54) is 0 Å². The van der Waals surface area contributed by atoms with Crippen LogP contribution < -0.4 is 14.8 Å². The van der Waals surface area contributed by atoms with Crippen LogP contribution in [0, 0.1) is 0 Å². The number of methoxy groups -OCH3 is 2. The van der Waals surface area contributed by atoms with Gasteiger partial charge in [-0.2, -0.15) is 0 Å². The molecule has 6 heteroatoms. The van der Waals surface area contributed by atoms with Gasteiger partial charge in [-0.25, -0.2) is 4.79 Å². The summed E-state index contributed by atoms with van der Waals surface area (Å²) in [6.45, 7) is 7.68. The van der Waals surface area contributed by atoms with Crippen molar-refractivity contribution < 1.29 is 14.3 Å². The molecule has 1 aliphatic heterocycles. The molecule has 1 saturated heterocycles. The van der Waals surface area contributed by atoms with E-state index in [-0.39, 0.29) is 6.03 Å². The molecule has 0 radical (unpaired) electrons. The minimum Gasteiger partial charge on any atom is -0.493 e. The summed E-state index contributed by atoms with van der Waals surface area (Å²) in [6, 6.07) is 5.81. The molecule has 1 aromatic carbocycles. The first kappa shape index (κ1) is 16.4. The summed E-state index contributed by atoms with van der Waals surface area (Å²) in [5.41, 5.74) is 0.703. The van der Waals surface area contributed by atoms with Gasteiger partial charge in [0.25, 0.3) is 0 Å². The highest BCUT2D eigenvalue weighted by Gasteiger charge is 2.22. The number of ether oxygens (including phenoxy) is 2. The number of anilines is 1. The number of benzene rings is 1. The van der Waals surface area contributed by atoms with Crippen LogP contribution in [0.1, 0.15) is 13.8 Å². The van der Waals surface area contributed by atoms with Crippen LogP contribution in [0.3, 0.4) is 0 Å². The summed E-state index contributed by atoms with van der Waals surface area (Å²) in [7, 11) is 3.17. The molecule has 0 unspecified atom stereocenters. The zero-order valence-corrected chi connectivity index (χ0v) is 13.8. The van der Waals surface area contributed by atoms with Crippen molar-refractivity contribution in [3.8, 4) is 11.5 Å². The number of carbonyl (C=O) groups is 1. The van der Waals surface area contributed by atoms with Gasteiger partial charge in [0.1, 0.15) is 0 Å². The molecule has 2 rings (SSSR count). The molecule has 122 valence electrons. The van der Waals surface area contributed by atoms with Crippen molar-refractivity contribution in [2.24, 2.45) is 0 Å². The van der Waals surface area contributed by atoms with Crippen LogP contribution in [0.2, 0.25) is 0 Å². The van der Waals surface area contributed by atoms with Crippen LogP contribution in [-0.2, 0) is 0 Å². The van der Waals surface area contributed by atoms with E-state index >= 15 is 0 Å². The maximum absolute atomic E-state index is 12.3. The number of hydrogen-bond donors (Lipinski definition) is 1. The second-order valence-corrected chi connectivity index (χ2v) is 5.62. The molecule has 0 spiro atoms. The summed E-state index contributed by atoms with van der Waals surface area (Å²) >= 11 is 0. The number of nitrogens with one attached hydrogen (secondary N) is 1. The van der Waals surface area contributed by atoms with E-state index in [9.17, 15) is 4.79 Å². The van der Waals surface area contributed by atoms with Gasteiger partial charge in [-0.05, 0) is 26.0 Å². The minimum absolute atomic E-state index is 0.0735. The van der Waals surface area contributed by atoms with Crippen molar-refractivity contribution in [1.29, 1.82) is 0 Å². The van der Waals surface area contributed by atoms with Crippen LogP contribution in [0.15, 0.2) is 18.2 Å². The van der Waals surface area contributed by atoms with E-state index < -0.39 is 0 Å². The molecule has 0 aromatic heterocycles. The Morgan fingerprint density at radius 1 is 1.09 bits per heavy atom. The van der Waals surface area contributed by atoms with Gasteiger partial charge in [-0.3, -0.25) is 4.90 Å². The molecule has 0 aliphatic carbocycles. The van der Waals surface area contributed by atoms with Crippen molar-refractivity contribution in [2.45, 2.75) is 19.9 Å². The highest BCUT2D eigenvalue weighted by Crippen LogP contribution is 2.29. The Morgan fingerprint density at radius 2 is 1.73 bits per heavy atom. The van der Waals surface area contributed by atoms with Crippen LogP contribution in [-0.4, -0.2) is 62.3 Å². The van der Waals surface area contributed by atoms with Gasteiger partial charge < -0.3 is 19.7 Å². The van der Waals surface area contributed by atoms with Crippen molar-refractivity contribution >= 4 is 11.7 Å². The molecular weight excluding hydrogens is 282 g/mol. The maximum atomic E-state index is 12.3. The zero-order chi connectivity index (χ0) is 16.1. The van der Waals surface area contributed by atoms with E-state index in [4.69, 9.17) is 9.47 Å². The standard InChI is InChI=1S/C16H25N3O3/c1-12(2)18-7-9-19(10-8-18)16(20)17-13-5-6-14(21-3)15(11-13)22-4/h5-6,11-12H,7-10H2,1-4H3,(H,17,20). The molecule has 1 aliphatic rings. The largest absolute Gasteiger partial charge is 0.493 e. The van der Waals surface area contributed by atoms with Crippen LogP contribution >= 0.6 is 0 Å². The third kappa shape index (κ3) is 3.82. The van der Waals surface area contributed by atoms with Crippen LogP contribution in [0.25, 0.3) is 0 Å². The summed E-state index contributed by atoms with van der Waals surface area (Å²) in [5.74, 6) is 1.25. The molecule has 0 bridgehead atoms. The highest BCUT2D eigenvalue weighted by molar-refractivity contribution is 5.89. The Bertz CT molecular complexity index is 511. The Balaban J connectivity index is 1.95. The van der Waals surface area contributed by atoms with Gasteiger partial charge in [0, 0.05) is 44.0 Å². The van der Waals surface area contributed by atoms with Gasteiger partial charge in [0.2, 0.25) is 0 Å². The molecule has 1 N–H and O–H groups in total. The Kier molecular flexibility index (Phi) is 5.49. The van der Waals surface area contributed by atoms with Crippen molar-refractivity contribution in [3.05, 3.63) is 18.2 Å². The summed E-state index contributed by atoms with van der Waals surface area (Å²) in [5, 5.41) is 2.91. The molecule has 0 saturated carbocycles. The molecule has 1 aromatic rings. The first-order chi connectivity index (χ1) is 10.5. The van der Waals surface area contributed by atoms with E-state index in [0.29, 0.717) is 23.2 Å². The predicted molar refractivity (Wildman–Crippen MR) is 86.8 cm³/mol. The second-order valence-electron chi connectivity index (χ2n) is 5.62. The van der Waals surface area contributed by atoms with Gasteiger partial charge >= 0.3 is 6.03 Å². The molecule has 22 heavy (non-hydrogen) atoms. The highest BCUT2D eigenvalue weighted by atomic mass is 16.5. The van der Waals surface area contributed by atoms with E-state index in [1.807, 2.05) is 11.0 Å². The first-order valence-corrected chi connectivity index (χ1v) is 7.57. The topological polar surface area (TPSA) is 54.0 Å². The second kappa shape index (κ2) is 7.35. The first-order valence-electron chi connectivity index (χ1n) is 7.57. The number of amides is 2. The Labute approximate surface area is 132 Å². The fourth-order valence-electron chi connectivity index (χ4n) is 2.56. The normalized spacial score (nSPS) is 15.8. The zero-order valence-electron chi connectivity index (χ0n) is 13.8. The molecule has 6 nitrogen and oxygen atoms in total. The summed E-state index contributed by atoms with van der Waals surface area (Å²) in [4.78, 5) is 16.5. The molecule has 1 fully saturated rings. The van der Waals surface area contributed by atoms with Crippen molar-refractivity contribution in [1.82, 2.24) is 9.80 Å². The molecule has 1 heterocycles. The monoisotopic (exact) mass is 307 g/mol. The minimum atomic E-state index is -0.0735. The smallest absolute Gasteiger partial charge is 0.321 e. The van der Waals surface area contributed by atoms with E-state index in [2.05, 4.69) is 24.1 Å². The molecule has 2 amide bonds. The van der Waals surface area contributed by atoms with Crippen molar-refractivity contribution in [3.63, 3.8) is 0 Å². The fourth-order valence-corrected chi connectivity index (χ4v) is 2.56. The average molecular weight is 307 g/mol. The number of carbonyl (C=O) groups excluding carboxylic acids is 1. The van der Waals surface area contributed by atoms with Crippen molar-refractivity contribution in [2.75, 3.05) is 45.7 Å².